The SMILES string of the molecule is CCNC(=O)[C@H](C)N(Cc1c(Cl)cccc1Cl)C(=O)CN(c1ccc(OC)cc1)S(=O)(=O)c1ccc(C)cc1. The molecule has 0 aliphatic carbocycles. The number of likely N-dealkylation sites (N-methyl/N-ethyl adjacent to an activating group) is 1. The predicted molar refractivity (Wildman–Crippen MR) is 154 cm³/mol. The van der Waals surface area contributed by atoms with Gasteiger partial charge in [-0.05, 0) is 69.3 Å². The van der Waals surface area contributed by atoms with Crippen molar-refractivity contribution in [2.24, 2.45) is 0 Å². The summed E-state index contributed by atoms with van der Waals surface area (Å²) >= 11 is 12.8. The van der Waals surface area contributed by atoms with Crippen LogP contribution in [0.1, 0.15) is 25.0 Å². The van der Waals surface area contributed by atoms with Crippen LogP contribution < -0.4 is 14.4 Å². The molecule has 11 heteroatoms. The molecule has 0 aliphatic rings. The number of carbonyl (C=O) groups is 2. The number of nitrogens with zero attached hydrogens (tertiary/aromatic N) is 2. The van der Waals surface area contributed by atoms with Crippen molar-refractivity contribution in [3.63, 3.8) is 0 Å². The van der Waals surface area contributed by atoms with E-state index in [0.29, 0.717) is 27.9 Å². The largest absolute Gasteiger partial charge is 0.497 e. The summed E-state index contributed by atoms with van der Waals surface area (Å²) in [5, 5.41) is 3.35. The molecule has 0 fully saturated rings. The van der Waals surface area contributed by atoms with E-state index in [1.165, 1.54) is 24.1 Å². The highest BCUT2D eigenvalue weighted by molar-refractivity contribution is 7.92. The van der Waals surface area contributed by atoms with Gasteiger partial charge in [-0.1, -0.05) is 47.0 Å². The van der Waals surface area contributed by atoms with Gasteiger partial charge < -0.3 is 15.0 Å². The maximum Gasteiger partial charge on any atom is 0.264 e. The minimum Gasteiger partial charge on any atom is -0.497 e. The van der Waals surface area contributed by atoms with E-state index in [2.05, 4.69) is 5.32 Å². The highest BCUT2D eigenvalue weighted by Crippen LogP contribution is 2.29. The number of hydrogen-bond acceptors (Lipinski definition) is 5. The molecule has 8 nitrogen and oxygen atoms in total. The zero-order valence-electron chi connectivity index (χ0n) is 22.1. The maximum absolute atomic E-state index is 13.9. The molecular formula is C28H31Cl2N3O5S. The molecule has 0 aliphatic heterocycles. The Morgan fingerprint density at radius 2 is 1.56 bits per heavy atom. The van der Waals surface area contributed by atoms with Gasteiger partial charge in [-0.3, -0.25) is 13.9 Å². The number of halogens is 2. The van der Waals surface area contributed by atoms with E-state index in [-0.39, 0.29) is 17.1 Å². The third-order valence-electron chi connectivity index (χ3n) is 6.16. The topological polar surface area (TPSA) is 96.0 Å². The molecule has 0 saturated carbocycles. The molecule has 0 aromatic heterocycles. The van der Waals surface area contributed by atoms with Gasteiger partial charge in [-0.25, -0.2) is 8.42 Å². The van der Waals surface area contributed by atoms with Crippen LogP contribution in [-0.4, -0.2) is 51.4 Å². The Morgan fingerprint density at radius 3 is 2.10 bits per heavy atom. The van der Waals surface area contributed by atoms with Crippen molar-refractivity contribution in [1.29, 1.82) is 0 Å². The summed E-state index contributed by atoms with van der Waals surface area (Å²) in [7, 11) is -2.67. The van der Waals surface area contributed by atoms with Gasteiger partial charge >= 0.3 is 0 Å². The molecule has 3 aromatic carbocycles. The fourth-order valence-electron chi connectivity index (χ4n) is 3.87. The van der Waals surface area contributed by atoms with Gasteiger partial charge in [0, 0.05) is 28.7 Å². The Morgan fingerprint density at radius 1 is 0.974 bits per heavy atom. The van der Waals surface area contributed by atoms with Crippen molar-refractivity contribution in [3.05, 3.63) is 87.9 Å². The predicted octanol–water partition coefficient (Wildman–Crippen LogP) is 5.06. The Kier molecular flexibility index (Phi) is 10.2. The number of sulfonamides is 1. The van der Waals surface area contributed by atoms with Crippen LogP contribution >= 0.6 is 23.2 Å². The van der Waals surface area contributed by atoms with Crippen molar-refractivity contribution in [2.75, 3.05) is 24.5 Å². The van der Waals surface area contributed by atoms with E-state index in [9.17, 15) is 18.0 Å². The van der Waals surface area contributed by atoms with E-state index >= 15 is 0 Å². The summed E-state index contributed by atoms with van der Waals surface area (Å²) in [5.41, 5.74) is 1.59. The number of nitrogens with one attached hydrogen (secondary N) is 1. The van der Waals surface area contributed by atoms with Crippen LogP contribution in [-0.2, 0) is 26.2 Å². The first-order valence-electron chi connectivity index (χ1n) is 12.2. The lowest BCUT2D eigenvalue weighted by Crippen LogP contribution is -2.51. The second kappa shape index (κ2) is 13.2. The van der Waals surface area contributed by atoms with Crippen LogP contribution in [0.25, 0.3) is 0 Å². The van der Waals surface area contributed by atoms with Crippen molar-refractivity contribution in [2.45, 2.75) is 38.3 Å². The van der Waals surface area contributed by atoms with Crippen molar-refractivity contribution < 1.29 is 22.7 Å². The first kappa shape index (κ1) is 30.3. The zero-order chi connectivity index (χ0) is 28.7. The third-order valence-corrected chi connectivity index (χ3v) is 8.65. The van der Waals surface area contributed by atoms with E-state index in [0.717, 1.165) is 9.87 Å². The number of rotatable bonds is 11. The van der Waals surface area contributed by atoms with E-state index in [1.54, 1.807) is 68.4 Å². The number of aryl methyl sites for hydroxylation is 1. The van der Waals surface area contributed by atoms with E-state index < -0.39 is 34.4 Å². The fraction of sp³-hybridized carbons (Fsp3) is 0.286. The summed E-state index contributed by atoms with van der Waals surface area (Å²) in [5.74, 6) is -0.486. The van der Waals surface area contributed by atoms with Crippen LogP contribution in [0.3, 0.4) is 0 Å². The molecule has 0 spiro atoms. The molecule has 208 valence electrons. The summed E-state index contributed by atoms with van der Waals surface area (Å²) in [6.45, 7) is 4.87. The molecule has 0 unspecified atom stereocenters. The molecular weight excluding hydrogens is 561 g/mol. The highest BCUT2D eigenvalue weighted by atomic mass is 35.5. The second-order valence-corrected chi connectivity index (χ2v) is 11.5. The average molecular weight is 593 g/mol. The van der Waals surface area contributed by atoms with Crippen LogP contribution in [0, 0.1) is 6.92 Å². The van der Waals surface area contributed by atoms with Crippen molar-refractivity contribution in [1.82, 2.24) is 10.2 Å². The lowest BCUT2D eigenvalue weighted by atomic mass is 10.1. The molecule has 3 rings (SSSR count). The summed E-state index contributed by atoms with van der Waals surface area (Å²) in [4.78, 5) is 28.0. The van der Waals surface area contributed by atoms with E-state index in [4.69, 9.17) is 27.9 Å². The smallest absolute Gasteiger partial charge is 0.264 e. The van der Waals surface area contributed by atoms with Gasteiger partial charge in [0.05, 0.1) is 17.7 Å². The van der Waals surface area contributed by atoms with Gasteiger partial charge in [0.25, 0.3) is 10.0 Å². The van der Waals surface area contributed by atoms with Crippen LogP contribution in [0.5, 0.6) is 5.75 Å². The summed E-state index contributed by atoms with van der Waals surface area (Å²) in [6, 6.07) is 16.7. The first-order chi connectivity index (χ1) is 18.5. The second-order valence-electron chi connectivity index (χ2n) is 8.82. The lowest BCUT2D eigenvalue weighted by molar-refractivity contribution is -0.139. The Bertz CT molecular complexity index is 1390. The average Bonchev–Trinajstić information content (AvgIpc) is 2.91. The number of methoxy groups -OCH3 is 1. The highest BCUT2D eigenvalue weighted by Gasteiger charge is 2.33. The molecule has 1 N–H and O–H groups in total. The van der Waals surface area contributed by atoms with Gasteiger partial charge in [0.2, 0.25) is 11.8 Å². The Balaban J connectivity index is 2.07. The normalized spacial score (nSPS) is 11.9. The molecule has 0 bridgehead atoms. The Labute approximate surface area is 239 Å². The zero-order valence-corrected chi connectivity index (χ0v) is 24.5. The molecule has 39 heavy (non-hydrogen) atoms. The number of benzene rings is 3. The van der Waals surface area contributed by atoms with Crippen LogP contribution in [0.15, 0.2) is 71.6 Å². The Hall–Kier alpha value is -3.27. The van der Waals surface area contributed by atoms with Gasteiger partial charge in [-0.15, -0.1) is 0 Å². The summed E-state index contributed by atoms with van der Waals surface area (Å²) < 4.78 is 33.9. The quantitative estimate of drug-likeness (QED) is 0.336. The van der Waals surface area contributed by atoms with Gasteiger partial charge in [-0.2, -0.15) is 0 Å². The van der Waals surface area contributed by atoms with Crippen molar-refractivity contribution in [3.8, 4) is 5.75 Å². The minimum atomic E-state index is -4.17. The molecule has 0 radical (unpaired) electrons. The number of carbonyl (C=O) groups excluding carboxylic acids is 2. The van der Waals surface area contributed by atoms with Crippen LogP contribution in [0.4, 0.5) is 5.69 Å². The first-order valence-corrected chi connectivity index (χ1v) is 14.4. The number of amides is 2. The molecule has 2 amide bonds. The fourth-order valence-corrected chi connectivity index (χ4v) is 5.80. The number of ether oxygens (including phenoxy) is 1. The van der Waals surface area contributed by atoms with Crippen LogP contribution in [0.2, 0.25) is 10.0 Å². The van der Waals surface area contributed by atoms with E-state index in [1.807, 2.05) is 6.92 Å². The lowest BCUT2D eigenvalue weighted by Gasteiger charge is -2.32. The van der Waals surface area contributed by atoms with Gasteiger partial charge in [0.15, 0.2) is 0 Å². The monoisotopic (exact) mass is 591 g/mol. The van der Waals surface area contributed by atoms with Gasteiger partial charge in [0.1, 0.15) is 18.3 Å². The third kappa shape index (κ3) is 7.23. The molecule has 0 saturated heterocycles. The molecule has 1 atom stereocenters. The number of anilines is 1. The maximum atomic E-state index is 13.9. The number of hydrogen-bond donors (Lipinski definition) is 1. The minimum absolute atomic E-state index is 0.0224. The standard InChI is InChI=1S/C28H31Cl2N3O5S/c1-5-31-28(35)20(3)32(17-24-25(29)7-6-8-26(24)30)27(34)18-33(21-11-13-22(38-4)14-12-21)39(36,37)23-15-9-19(2)10-16-23/h6-16,20H,5,17-18H2,1-4H3,(H,31,35)/t20-/m0/s1. The molecule has 3 aromatic rings. The van der Waals surface area contributed by atoms with Crippen molar-refractivity contribution >= 4 is 50.7 Å². The summed E-state index contributed by atoms with van der Waals surface area (Å²) in [6.07, 6.45) is 0. The molecule has 0 heterocycles.